The summed E-state index contributed by atoms with van der Waals surface area (Å²) < 4.78 is 1.97. The first-order valence-electron chi connectivity index (χ1n) is 8.72. The molecule has 0 saturated carbocycles. The summed E-state index contributed by atoms with van der Waals surface area (Å²) in [5.74, 6) is 2.04. The van der Waals surface area contributed by atoms with Crippen LogP contribution < -0.4 is 10.2 Å². The van der Waals surface area contributed by atoms with Crippen LogP contribution in [0.25, 0.3) is 0 Å². The van der Waals surface area contributed by atoms with Gasteiger partial charge in [0.05, 0.1) is 13.1 Å². The molecule has 2 aromatic rings. The van der Waals surface area contributed by atoms with Crippen LogP contribution in [0.15, 0.2) is 24.3 Å². The van der Waals surface area contributed by atoms with Gasteiger partial charge in [0, 0.05) is 24.7 Å². The van der Waals surface area contributed by atoms with E-state index >= 15 is 0 Å². The molecule has 1 aromatic carbocycles. The van der Waals surface area contributed by atoms with Crippen LogP contribution in [0.2, 0.25) is 0 Å². The highest BCUT2D eigenvalue weighted by atomic mass is 16.2. The van der Waals surface area contributed by atoms with Gasteiger partial charge in [-0.3, -0.25) is 4.79 Å². The van der Waals surface area contributed by atoms with Crippen molar-refractivity contribution in [1.29, 1.82) is 0 Å². The molecule has 0 saturated heterocycles. The lowest BCUT2D eigenvalue weighted by atomic mass is 10.0. The predicted octanol–water partition coefficient (Wildman–Crippen LogP) is 1.47. The molecule has 4 rings (SSSR count). The van der Waals surface area contributed by atoms with E-state index in [0.29, 0.717) is 6.54 Å². The van der Waals surface area contributed by atoms with E-state index < -0.39 is 0 Å². The molecule has 6 nitrogen and oxygen atoms in total. The normalized spacial score (nSPS) is 19.7. The molecule has 1 N–H and O–H groups in total. The van der Waals surface area contributed by atoms with Crippen molar-refractivity contribution in [2.24, 2.45) is 0 Å². The minimum absolute atomic E-state index is 0.155. The molecule has 0 spiro atoms. The second-order valence-corrected chi connectivity index (χ2v) is 6.65. The zero-order chi connectivity index (χ0) is 16.5. The van der Waals surface area contributed by atoms with Crippen LogP contribution in [0.3, 0.4) is 0 Å². The first-order chi connectivity index (χ1) is 11.7. The van der Waals surface area contributed by atoms with Gasteiger partial charge in [0.2, 0.25) is 5.91 Å². The van der Waals surface area contributed by atoms with Crippen molar-refractivity contribution in [3.05, 3.63) is 41.5 Å². The lowest BCUT2D eigenvalue weighted by molar-refractivity contribution is -0.118. The van der Waals surface area contributed by atoms with E-state index in [1.807, 2.05) is 28.6 Å². The van der Waals surface area contributed by atoms with Gasteiger partial charge >= 0.3 is 0 Å². The van der Waals surface area contributed by atoms with Crippen LogP contribution in [0, 0.1) is 6.92 Å². The molecule has 2 aliphatic rings. The molecule has 6 heteroatoms. The maximum absolute atomic E-state index is 12.7. The highest BCUT2D eigenvalue weighted by Crippen LogP contribution is 2.26. The number of hydrogen-bond acceptors (Lipinski definition) is 4. The van der Waals surface area contributed by atoms with Gasteiger partial charge in [-0.2, -0.15) is 5.10 Å². The van der Waals surface area contributed by atoms with E-state index in [0.717, 1.165) is 56.1 Å². The molecular formula is C18H23N5O. The number of fused-ring (bicyclic) bond motifs is 2. The minimum Gasteiger partial charge on any atom is -0.311 e. The predicted molar refractivity (Wildman–Crippen MR) is 92.0 cm³/mol. The number of carbonyl (C=O) groups excluding carboxylic acids is 1. The molecule has 1 atom stereocenters. The molecule has 0 aliphatic carbocycles. The molecular weight excluding hydrogens is 302 g/mol. The Morgan fingerprint density at radius 2 is 2.21 bits per heavy atom. The number of anilines is 1. The molecule has 0 unspecified atom stereocenters. The number of nitrogens with zero attached hydrogens (tertiary/aromatic N) is 4. The summed E-state index contributed by atoms with van der Waals surface area (Å²) >= 11 is 0. The molecule has 0 bridgehead atoms. The molecule has 3 heterocycles. The molecule has 126 valence electrons. The van der Waals surface area contributed by atoms with Crippen LogP contribution in [-0.4, -0.2) is 39.8 Å². The number of amides is 1. The molecule has 1 amide bonds. The molecule has 0 fully saturated rings. The summed E-state index contributed by atoms with van der Waals surface area (Å²) in [5, 5.41) is 7.84. The quantitative estimate of drug-likeness (QED) is 0.928. The van der Waals surface area contributed by atoms with Gasteiger partial charge in [0.1, 0.15) is 11.6 Å². The van der Waals surface area contributed by atoms with Crippen LogP contribution in [0.4, 0.5) is 5.69 Å². The van der Waals surface area contributed by atoms with E-state index in [4.69, 9.17) is 0 Å². The summed E-state index contributed by atoms with van der Waals surface area (Å²) in [5.41, 5.74) is 2.35. The molecule has 24 heavy (non-hydrogen) atoms. The van der Waals surface area contributed by atoms with Gasteiger partial charge < -0.3 is 10.2 Å². The third kappa shape index (κ3) is 2.94. The number of aromatic nitrogens is 3. The summed E-state index contributed by atoms with van der Waals surface area (Å²) in [6, 6.07) is 8.51. The average molecular weight is 325 g/mol. The van der Waals surface area contributed by atoms with Crippen LogP contribution in [0.1, 0.15) is 30.1 Å². The summed E-state index contributed by atoms with van der Waals surface area (Å²) in [6.45, 7) is 3.90. The van der Waals surface area contributed by atoms with Crippen molar-refractivity contribution in [3.8, 4) is 0 Å². The lowest BCUT2D eigenvalue weighted by Crippen LogP contribution is -2.46. The Kier molecular flexibility index (Phi) is 4.06. The number of carbonyl (C=O) groups is 1. The Morgan fingerprint density at radius 1 is 1.33 bits per heavy atom. The summed E-state index contributed by atoms with van der Waals surface area (Å²) in [4.78, 5) is 19.0. The highest BCUT2D eigenvalue weighted by molar-refractivity contribution is 5.95. The minimum atomic E-state index is 0.155. The molecule has 2 aliphatic heterocycles. The standard InChI is InChI=1S/C18H23N5O/c1-13-20-17-9-8-15(12-23(17)21-13)19-11-18(24)22-10-4-6-14-5-2-3-7-16(14)22/h2-3,5,7,15,19H,4,6,8-12H2,1H3/t15-/m1/s1. The molecule has 0 radical (unpaired) electrons. The van der Waals surface area contributed by atoms with Gasteiger partial charge in [0.25, 0.3) is 0 Å². The number of hydrogen-bond donors (Lipinski definition) is 1. The second kappa shape index (κ2) is 6.36. The first-order valence-corrected chi connectivity index (χ1v) is 8.72. The maximum Gasteiger partial charge on any atom is 0.240 e. The van der Waals surface area contributed by atoms with Gasteiger partial charge in [-0.05, 0) is 37.8 Å². The van der Waals surface area contributed by atoms with Crippen molar-refractivity contribution >= 4 is 11.6 Å². The number of nitrogens with one attached hydrogen (secondary N) is 1. The Balaban J connectivity index is 1.38. The highest BCUT2D eigenvalue weighted by Gasteiger charge is 2.24. The number of para-hydroxylation sites is 1. The monoisotopic (exact) mass is 325 g/mol. The van der Waals surface area contributed by atoms with Crippen LogP contribution in [0.5, 0.6) is 0 Å². The fourth-order valence-electron chi connectivity index (χ4n) is 3.72. The number of benzene rings is 1. The Morgan fingerprint density at radius 3 is 3.12 bits per heavy atom. The summed E-state index contributed by atoms with van der Waals surface area (Å²) in [7, 11) is 0. The largest absolute Gasteiger partial charge is 0.311 e. The zero-order valence-corrected chi connectivity index (χ0v) is 14.0. The van der Waals surface area contributed by atoms with E-state index in [9.17, 15) is 4.79 Å². The van der Waals surface area contributed by atoms with E-state index in [1.54, 1.807) is 0 Å². The maximum atomic E-state index is 12.7. The van der Waals surface area contributed by atoms with E-state index in [2.05, 4.69) is 27.5 Å². The van der Waals surface area contributed by atoms with Crippen LogP contribution in [-0.2, 0) is 24.2 Å². The Bertz CT molecular complexity index is 754. The van der Waals surface area contributed by atoms with Crippen molar-refractivity contribution in [2.45, 2.75) is 45.2 Å². The van der Waals surface area contributed by atoms with E-state index in [1.165, 1.54) is 5.56 Å². The number of rotatable bonds is 3. The number of aryl methyl sites for hydroxylation is 3. The van der Waals surface area contributed by atoms with Crippen molar-refractivity contribution in [2.75, 3.05) is 18.0 Å². The third-order valence-corrected chi connectivity index (χ3v) is 4.92. The topological polar surface area (TPSA) is 63.1 Å². The van der Waals surface area contributed by atoms with Crippen molar-refractivity contribution in [3.63, 3.8) is 0 Å². The lowest BCUT2D eigenvalue weighted by Gasteiger charge is -2.30. The van der Waals surface area contributed by atoms with Gasteiger partial charge in [-0.25, -0.2) is 9.67 Å². The third-order valence-electron chi connectivity index (χ3n) is 4.92. The van der Waals surface area contributed by atoms with Gasteiger partial charge in [-0.15, -0.1) is 0 Å². The Hall–Kier alpha value is -2.21. The zero-order valence-electron chi connectivity index (χ0n) is 14.0. The summed E-state index contributed by atoms with van der Waals surface area (Å²) in [6.07, 6.45) is 4.01. The van der Waals surface area contributed by atoms with Crippen LogP contribution >= 0.6 is 0 Å². The first kappa shape index (κ1) is 15.3. The fourth-order valence-corrected chi connectivity index (χ4v) is 3.72. The fraction of sp³-hybridized carbons (Fsp3) is 0.500. The SMILES string of the molecule is Cc1nc2n(n1)C[C@H](NCC(=O)N1CCCc3ccccc31)CC2. The van der Waals surface area contributed by atoms with E-state index in [-0.39, 0.29) is 11.9 Å². The van der Waals surface area contributed by atoms with Gasteiger partial charge in [-0.1, -0.05) is 18.2 Å². The van der Waals surface area contributed by atoms with Crippen molar-refractivity contribution < 1.29 is 4.79 Å². The Labute approximate surface area is 141 Å². The average Bonchev–Trinajstić information content (AvgIpc) is 2.98. The van der Waals surface area contributed by atoms with Gasteiger partial charge in [0.15, 0.2) is 0 Å². The van der Waals surface area contributed by atoms with Crippen molar-refractivity contribution in [1.82, 2.24) is 20.1 Å². The smallest absolute Gasteiger partial charge is 0.240 e. The second-order valence-electron chi connectivity index (χ2n) is 6.65. The molecule has 1 aromatic heterocycles.